The van der Waals surface area contributed by atoms with Gasteiger partial charge in [0.2, 0.25) is 0 Å². The minimum absolute atomic E-state index is 0.274. The van der Waals surface area contributed by atoms with Gasteiger partial charge in [-0.2, -0.15) is 5.26 Å². The maximum Gasteiger partial charge on any atom is 0.119 e. The van der Waals surface area contributed by atoms with E-state index in [0.29, 0.717) is 17.9 Å². The Hall–Kier alpha value is -2.35. The van der Waals surface area contributed by atoms with Crippen molar-refractivity contribution in [2.45, 2.75) is 25.4 Å². The summed E-state index contributed by atoms with van der Waals surface area (Å²) in [7, 11) is 0. The molecule has 4 nitrogen and oxygen atoms in total. The summed E-state index contributed by atoms with van der Waals surface area (Å²) >= 11 is 0. The van der Waals surface area contributed by atoms with E-state index in [4.69, 9.17) is 10.00 Å². The molecule has 1 atom stereocenters. The Morgan fingerprint density at radius 1 is 1.08 bits per heavy atom. The van der Waals surface area contributed by atoms with Crippen LogP contribution in [0.2, 0.25) is 0 Å². The molecular formula is C22H26N2O2. The molecule has 1 N–H and O–H groups in total. The van der Waals surface area contributed by atoms with Crippen LogP contribution in [0, 0.1) is 17.2 Å². The van der Waals surface area contributed by atoms with Gasteiger partial charge < -0.3 is 14.7 Å². The number of benzene rings is 2. The molecule has 0 bridgehead atoms. The third kappa shape index (κ3) is 5.59. The van der Waals surface area contributed by atoms with Crippen molar-refractivity contribution in [2.24, 2.45) is 5.92 Å². The summed E-state index contributed by atoms with van der Waals surface area (Å²) < 4.78 is 5.62. The molecule has 0 aliphatic carbocycles. The average molecular weight is 350 g/mol. The first-order chi connectivity index (χ1) is 12.7. The number of likely N-dealkylation sites (tertiary alicyclic amines) is 1. The quantitative estimate of drug-likeness (QED) is 0.833. The van der Waals surface area contributed by atoms with Crippen LogP contribution in [-0.2, 0) is 6.42 Å². The fourth-order valence-corrected chi connectivity index (χ4v) is 3.49. The zero-order chi connectivity index (χ0) is 18.2. The lowest BCUT2D eigenvalue weighted by molar-refractivity contribution is 0.0550. The van der Waals surface area contributed by atoms with Gasteiger partial charge in [0.05, 0.1) is 11.6 Å². The zero-order valence-corrected chi connectivity index (χ0v) is 15.1. The lowest BCUT2D eigenvalue weighted by Gasteiger charge is -2.33. The van der Waals surface area contributed by atoms with Crippen LogP contribution in [-0.4, -0.2) is 42.4 Å². The summed E-state index contributed by atoms with van der Waals surface area (Å²) in [5, 5.41) is 19.0. The van der Waals surface area contributed by atoms with Gasteiger partial charge in [0.1, 0.15) is 18.5 Å². The van der Waals surface area contributed by atoms with Gasteiger partial charge in [-0.15, -0.1) is 0 Å². The first-order valence-corrected chi connectivity index (χ1v) is 9.30. The van der Waals surface area contributed by atoms with Crippen molar-refractivity contribution in [3.8, 4) is 11.8 Å². The van der Waals surface area contributed by atoms with Crippen LogP contribution in [0.15, 0.2) is 54.6 Å². The number of aliphatic hydroxyl groups excluding tert-OH is 1. The van der Waals surface area contributed by atoms with Gasteiger partial charge >= 0.3 is 0 Å². The van der Waals surface area contributed by atoms with Crippen LogP contribution in [0.25, 0.3) is 0 Å². The predicted octanol–water partition coefficient (Wildman–Crippen LogP) is 3.25. The Morgan fingerprint density at radius 2 is 1.77 bits per heavy atom. The van der Waals surface area contributed by atoms with Gasteiger partial charge in [-0.25, -0.2) is 0 Å². The maximum absolute atomic E-state index is 10.2. The summed E-state index contributed by atoms with van der Waals surface area (Å²) in [6, 6.07) is 19.7. The lowest BCUT2D eigenvalue weighted by Crippen LogP contribution is -2.41. The van der Waals surface area contributed by atoms with Crippen LogP contribution in [0.5, 0.6) is 5.75 Å². The van der Waals surface area contributed by atoms with E-state index in [0.717, 1.165) is 25.4 Å². The molecule has 4 heteroatoms. The molecule has 0 saturated carbocycles. The molecule has 2 aromatic carbocycles. The first-order valence-electron chi connectivity index (χ1n) is 9.30. The second kappa shape index (κ2) is 9.38. The van der Waals surface area contributed by atoms with Crippen LogP contribution < -0.4 is 4.74 Å². The maximum atomic E-state index is 10.2. The van der Waals surface area contributed by atoms with Crippen LogP contribution in [0.3, 0.4) is 0 Å². The van der Waals surface area contributed by atoms with Crippen LogP contribution >= 0.6 is 0 Å². The largest absolute Gasteiger partial charge is 0.491 e. The number of nitrogens with zero attached hydrogens (tertiary/aromatic N) is 2. The van der Waals surface area contributed by atoms with Crippen molar-refractivity contribution in [1.82, 2.24) is 4.90 Å². The topological polar surface area (TPSA) is 56.5 Å². The van der Waals surface area contributed by atoms with Crippen molar-refractivity contribution < 1.29 is 9.84 Å². The van der Waals surface area contributed by atoms with Crippen molar-refractivity contribution in [1.29, 1.82) is 5.26 Å². The first kappa shape index (κ1) is 18.4. The Balaban J connectivity index is 1.36. The SMILES string of the molecule is N#Cc1ccc(OC[C@H](O)CN2CCC(Cc3ccccc3)CC2)cc1. The number of nitriles is 1. The normalized spacial score (nSPS) is 16.8. The highest BCUT2D eigenvalue weighted by atomic mass is 16.5. The number of rotatable bonds is 7. The Bertz CT molecular complexity index is 701. The zero-order valence-electron chi connectivity index (χ0n) is 15.1. The van der Waals surface area contributed by atoms with Gasteiger partial charge in [0.15, 0.2) is 0 Å². The number of piperidine rings is 1. The monoisotopic (exact) mass is 350 g/mol. The molecule has 1 heterocycles. The lowest BCUT2D eigenvalue weighted by atomic mass is 9.90. The number of hydrogen-bond acceptors (Lipinski definition) is 4. The molecule has 0 amide bonds. The molecule has 0 spiro atoms. The fourth-order valence-electron chi connectivity index (χ4n) is 3.49. The summed E-state index contributed by atoms with van der Waals surface area (Å²) in [4.78, 5) is 2.33. The standard InChI is InChI=1S/C22H26N2O2/c23-15-20-6-8-22(9-7-20)26-17-21(25)16-24-12-10-19(11-13-24)14-18-4-2-1-3-5-18/h1-9,19,21,25H,10-14,16-17H2/t21-/m1/s1. The molecule has 1 fully saturated rings. The van der Waals surface area contributed by atoms with Crippen LogP contribution in [0.4, 0.5) is 0 Å². The number of aliphatic hydroxyl groups is 1. The summed E-state index contributed by atoms with van der Waals surface area (Å²) in [5.74, 6) is 1.42. The molecule has 0 aromatic heterocycles. The average Bonchev–Trinajstić information content (AvgIpc) is 2.69. The van der Waals surface area contributed by atoms with Crippen molar-refractivity contribution in [2.75, 3.05) is 26.2 Å². The van der Waals surface area contributed by atoms with E-state index in [9.17, 15) is 5.11 Å². The Morgan fingerprint density at radius 3 is 2.42 bits per heavy atom. The third-order valence-corrected chi connectivity index (χ3v) is 4.97. The molecule has 3 rings (SSSR count). The second-order valence-corrected chi connectivity index (χ2v) is 7.03. The molecule has 26 heavy (non-hydrogen) atoms. The second-order valence-electron chi connectivity index (χ2n) is 7.03. The highest BCUT2D eigenvalue weighted by molar-refractivity contribution is 5.34. The van der Waals surface area contributed by atoms with E-state index in [1.807, 2.05) is 0 Å². The van der Waals surface area contributed by atoms with Gasteiger partial charge in [0.25, 0.3) is 0 Å². The molecule has 2 aromatic rings. The highest BCUT2D eigenvalue weighted by Crippen LogP contribution is 2.22. The van der Waals surface area contributed by atoms with E-state index in [1.54, 1.807) is 24.3 Å². The molecule has 1 saturated heterocycles. The summed E-state index contributed by atoms with van der Waals surface area (Å²) in [6.07, 6.45) is 3.01. The predicted molar refractivity (Wildman–Crippen MR) is 102 cm³/mol. The number of hydrogen-bond donors (Lipinski definition) is 1. The van der Waals surface area contributed by atoms with E-state index < -0.39 is 6.10 Å². The van der Waals surface area contributed by atoms with Crippen molar-refractivity contribution in [3.05, 3.63) is 65.7 Å². The van der Waals surface area contributed by atoms with Gasteiger partial charge in [-0.1, -0.05) is 30.3 Å². The van der Waals surface area contributed by atoms with E-state index >= 15 is 0 Å². The molecule has 136 valence electrons. The highest BCUT2D eigenvalue weighted by Gasteiger charge is 2.21. The number of β-amino-alcohol motifs (C(OH)–C–C–N with tert-alkyl or cyclic N) is 1. The van der Waals surface area contributed by atoms with Gasteiger partial charge in [-0.05, 0) is 68.1 Å². The van der Waals surface area contributed by atoms with Crippen molar-refractivity contribution in [3.63, 3.8) is 0 Å². The molecule has 1 aliphatic heterocycles. The minimum Gasteiger partial charge on any atom is -0.491 e. The molecule has 0 unspecified atom stereocenters. The van der Waals surface area contributed by atoms with E-state index in [1.165, 1.54) is 18.4 Å². The molecule has 0 radical (unpaired) electrons. The van der Waals surface area contributed by atoms with Gasteiger partial charge in [0, 0.05) is 6.54 Å². The van der Waals surface area contributed by atoms with E-state index in [2.05, 4.69) is 41.3 Å². The summed E-state index contributed by atoms with van der Waals surface area (Å²) in [5.41, 5.74) is 2.03. The third-order valence-electron chi connectivity index (χ3n) is 4.97. The smallest absolute Gasteiger partial charge is 0.119 e. The summed E-state index contributed by atoms with van der Waals surface area (Å²) in [6.45, 7) is 2.99. The van der Waals surface area contributed by atoms with Gasteiger partial charge in [-0.3, -0.25) is 0 Å². The minimum atomic E-state index is -0.503. The number of ether oxygens (including phenoxy) is 1. The Labute approximate surface area is 155 Å². The van der Waals surface area contributed by atoms with Crippen LogP contribution in [0.1, 0.15) is 24.0 Å². The fraction of sp³-hybridized carbons (Fsp3) is 0.409. The van der Waals surface area contributed by atoms with Crippen molar-refractivity contribution >= 4 is 0 Å². The van der Waals surface area contributed by atoms with E-state index in [-0.39, 0.29) is 6.61 Å². The molecular weight excluding hydrogens is 324 g/mol. The Kier molecular flexibility index (Phi) is 6.65. The molecule has 1 aliphatic rings.